The van der Waals surface area contributed by atoms with E-state index in [0.29, 0.717) is 0 Å². The highest BCUT2D eigenvalue weighted by molar-refractivity contribution is 5.41. The van der Waals surface area contributed by atoms with E-state index in [0.717, 1.165) is 17.6 Å². The van der Waals surface area contributed by atoms with Gasteiger partial charge in [0.2, 0.25) is 0 Å². The molecule has 81 valence electrons. The summed E-state index contributed by atoms with van der Waals surface area (Å²) in [6, 6.07) is 8.34. The molecule has 0 spiro atoms. The maximum atomic E-state index is 5.28. The summed E-state index contributed by atoms with van der Waals surface area (Å²) in [6.45, 7) is 13.5. The molecule has 0 aliphatic carbocycles. The van der Waals surface area contributed by atoms with Gasteiger partial charge in [-0.05, 0) is 55.2 Å². The first kappa shape index (κ1) is 12.3. The molecular formula is C16H17. The van der Waals surface area contributed by atoms with Crippen LogP contribution in [0.2, 0.25) is 0 Å². The Morgan fingerprint density at radius 3 is 2.69 bits per heavy atom. The topological polar surface area (TPSA) is 0 Å². The molecule has 0 aromatic heterocycles. The van der Waals surface area contributed by atoms with Crippen LogP contribution in [0.1, 0.15) is 18.1 Å². The quantitative estimate of drug-likeness (QED) is 0.515. The van der Waals surface area contributed by atoms with E-state index in [-0.39, 0.29) is 0 Å². The largest absolute Gasteiger partial charge is 0.120 e. The van der Waals surface area contributed by atoms with Gasteiger partial charge in [0.1, 0.15) is 0 Å². The average molecular weight is 209 g/mol. The first-order chi connectivity index (χ1) is 7.69. The van der Waals surface area contributed by atoms with Crippen LogP contribution in [0.25, 0.3) is 0 Å². The van der Waals surface area contributed by atoms with Crippen LogP contribution in [0.3, 0.4) is 0 Å². The zero-order valence-electron chi connectivity index (χ0n) is 9.96. The Hall–Kier alpha value is -1.78. The lowest BCUT2D eigenvalue weighted by Gasteiger charge is -2.08. The first-order valence-electron chi connectivity index (χ1n) is 5.37. The molecule has 0 aliphatic heterocycles. The van der Waals surface area contributed by atoms with Gasteiger partial charge in [0.15, 0.2) is 0 Å². The van der Waals surface area contributed by atoms with Crippen molar-refractivity contribution in [3.8, 4) is 0 Å². The van der Waals surface area contributed by atoms with E-state index in [1.807, 2.05) is 19.1 Å². The van der Waals surface area contributed by atoms with Gasteiger partial charge in [-0.15, -0.1) is 5.73 Å². The van der Waals surface area contributed by atoms with E-state index in [9.17, 15) is 0 Å². The van der Waals surface area contributed by atoms with Gasteiger partial charge in [0.05, 0.1) is 0 Å². The third-order valence-electron chi connectivity index (χ3n) is 2.62. The summed E-state index contributed by atoms with van der Waals surface area (Å²) in [6.07, 6.45) is 4.62. The third-order valence-corrected chi connectivity index (χ3v) is 2.62. The van der Waals surface area contributed by atoms with Crippen LogP contribution in [-0.4, -0.2) is 0 Å². The second-order valence-corrected chi connectivity index (χ2v) is 3.76. The Bertz CT molecular complexity index is 455. The molecule has 0 fully saturated rings. The fourth-order valence-electron chi connectivity index (χ4n) is 1.62. The summed E-state index contributed by atoms with van der Waals surface area (Å²) < 4.78 is 0. The Morgan fingerprint density at radius 2 is 2.12 bits per heavy atom. The van der Waals surface area contributed by atoms with E-state index in [4.69, 9.17) is 6.58 Å². The smallest absolute Gasteiger partial charge is 0.00230 e. The molecule has 0 saturated heterocycles. The standard InChI is InChI=1S/C16H17/c1-5-9-15(6-2)14(4)12-16-11-8-7-10-13(16)3/h1,6-11H,4,12H2,2-3H3/b15-6-. The second-order valence-electron chi connectivity index (χ2n) is 3.76. The van der Waals surface area contributed by atoms with E-state index in [1.54, 1.807) is 6.08 Å². The van der Waals surface area contributed by atoms with Crippen molar-refractivity contribution in [3.63, 3.8) is 0 Å². The summed E-state index contributed by atoms with van der Waals surface area (Å²) in [5.74, 6) is 0. The van der Waals surface area contributed by atoms with E-state index >= 15 is 0 Å². The minimum Gasteiger partial charge on any atom is -0.120 e. The molecule has 0 heteroatoms. The predicted octanol–water partition coefficient (Wildman–Crippen LogP) is 4.18. The van der Waals surface area contributed by atoms with Gasteiger partial charge < -0.3 is 0 Å². The normalized spacial score (nSPS) is 10.8. The van der Waals surface area contributed by atoms with Crippen molar-refractivity contribution in [2.75, 3.05) is 0 Å². The number of rotatable bonds is 4. The Kier molecular flexibility index (Phi) is 4.57. The van der Waals surface area contributed by atoms with Crippen molar-refractivity contribution < 1.29 is 0 Å². The summed E-state index contributed by atoms with van der Waals surface area (Å²) >= 11 is 0. The van der Waals surface area contributed by atoms with Crippen molar-refractivity contribution >= 4 is 0 Å². The van der Waals surface area contributed by atoms with Crippen LogP contribution in [0, 0.1) is 13.5 Å². The molecule has 0 amide bonds. The number of benzene rings is 1. The molecule has 16 heavy (non-hydrogen) atoms. The minimum absolute atomic E-state index is 0.852. The van der Waals surface area contributed by atoms with Gasteiger partial charge in [-0.2, -0.15) is 0 Å². The SMILES string of the molecule is [CH]=C=C/C(=C/C)C(=C)Cc1ccccc1C. The molecule has 0 N–H and O–H groups in total. The zero-order valence-corrected chi connectivity index (χ0v) is 9.96. The maximum Gasteiger partial charge on any atom is -0.00230 e. The molecule has 0 aliphatic rings. The molecular weight excluding hydrogens is 192 g/mol. The van der Waals surface area contributed by atoms with Crippen molar-refractivity contribution in [3.05, 3.63) is 77.6 Å². The van der Waals surface area contributed by atoms with Crippen molar-refractivity contribution in [2.24, 2.45) is 0 Å². The molecule has 1 radical (unpaired) electrons. The van der Waals surface area contributed by atoms with E-state index < -0.39 is 0 Å². The second kappa shape index (κ2) is 5.95. The average Bonchev–Trinajstić information content (AvgIpc) is 2.29. The molecule has 0 saturated carbocycles. The number of hydrogen-bond acceptors (Lipinski definition) is 0. The fraction of sp³-hybridized carbons (Fsp3) is 0.188. The van der Waals surface area contributed by atoms with Crippen LogP contribution >= 0.6 is 0 Å². The van der Waals surface area contributed by atoms with Crippen molar-refractivity contribution in [1.29, 1.82) is 0 Å². The lowest BCUT2D eigenvalue weighted by atomic mass is 9.96. The molecule has 0 atom stereocenters. The van der Waals surface area contributed by atoms with Crippen molar-refractivity contribution in [1.82, 2.24) is 0 Å². The van der Waals surface area contributed by atoms with E-state index in [2.05, 4.69) is 37.4 Å². The predicted molar refractivity (Wildman–Crippen MR) is 70.2 cm³/mol. The highest BCUT2D eigenvalue weighted by Crippen LogP contribution is 2.17. The van der Waals surface area contributed by atoms with E-state index in [1.165, 1.54) is 11.1 Å². The summed E-state index contributed by atoms with van der Waals surface area (Å²) in [5.41, 5.74) is 7.25. The fourth-order valence-corrected chi connectivity index (χ4v) is 1.62. The van der Waals surface area contributed by atoms with Gasteiger partial charge in [0.25, 0.3) is 0 Å². The third kappa shape index (κ3) is 3.12. The Balaban J connectivity index is 2.87. The number of allylic oxidation sites excluding steroid dienone is 4. The summed E-state index contributed by atoms with van der Waals surface area (Å²) in [7, 11) is 0. The molecule has 1 aromatic rings. The van der Waals surface area contributed by atoms with Gasteiger partial charge >= 0.3 is 0 Å². The van der Waals surface area contributed by atoms with Crippen LogP contribution in [0.4, 0.5) is 0 Å². The highest BCUT2D eigenvalue weighted by Gasteiger charge is 2.02. The lowest BCUT2D eigenvalue weighted by Crippen LogP contribution is -1.94. The van der Waals surface area contributed by atoms with Crippen LogP contribution < -0.4 is 0 Å². The van der Waals surface area contributed by atoms with Gasteiger partial charge in [-0.1, -0.05) is 36.9 Å². The van der Waals surface area contributed by atoms with Crippen LogP contribution in [0.5, 0.6) is 0 Å². The molecule has 1 rings (SSSR count). The number of hydrogen-bond donors (Lipinski definition) is 0. The first-order valence-corrected chi connectivity index (χ1v) is 5.37. The molecule has 0 nitrogen and oxygen atoms in total. The summed E-state index contributed by atoms with van der Waals surface area (Å²) in [4.78, 5) is 0. The van der Waals surface area contributed by atoms with Crippen LogP contribution in [0.15, 0.2) is 59.9 Å². The zero-order chi connectivity index (χ0) is 12.0. The lowest BCUT2D eigenvalue weighted by molar-refractivity contribution is 1.14. The minimum atomic E-state index is 0.852. The Labute approximate surface area is 98.3 Å². The maximum absolute atomic E-state index is 5.28. The van der Waals surface area contributed by atoms with Gasteiger partial charge in [-0.3, -0.25) is 0 Å². The molecule has 0 heterocycles. The highest BCUT2D eigenvalue weighted by atomic mass is 14.1. The molecule has 0 unspecified atom stereocenters. The monoisotopic (exact) mass is 209 g/mol. The van der Waals surface area contributed by atoms with Crippen molar-refractivity contribution in [2.45, 2.75) is 20.3 Å². The van der Waals surface area contributed by atoms with Crippen LogP contribution in [-0.2, 0) is 6.42 Å². The number of aryl methyl sites for hydroxylation is 1. The Morgan fingerprint density at radius 1 is 1.44 bits per heavy atom. The van der Waals surface area contributed by atoms with Gasteiger partial charge in [0, 0.05) is 0 Å². The molecule has 0 bridgehead atoms. The van der Waals surface area contributed by atoms with Gasteiger partial charge in [-0.25, -0.2) is 0 Å². The molecule has 1 aromatic carbocycles. The summed E-state index contributed by atoms with van der Waals surface area (Å²) in [5, 5.41) is 0.